The number of methoxy groups -OCH3 is 1. The van der Waals surface area contributed by atoms with E-state index in [4.69, 9.17) is 16.3 Å². The molecule has 1 atom stereocenters. The summed E-state index contributed by atoms with van der Waals surface area (Å²) >= 11 is 6.46. The summed E-state index contributed by atoms with van der Waals surface area (Å²) in [7, 11) is 1.58. The molecule has 6 nitrogen and oxygen atoms in total. The summed E-state index contributed by atoms with van der Waals surface area (Å²) in [4.78, 5) is 4.27. The van der Waals surface area contributed by atoms with Crippen LogP contribution >= 0.6 is 11.6 Å². The molecule has 0 N–H and O–H groups in total. The minimum Gasteiger partial charge on any atom is -0.495 e. The third-order valence-corrected chi connectivity index (χ3v) is 6.29. The third-order valence-electron chi connectivity index (χ3n) is 6.09. The maximum absolute atomic E-state index is 14.0. The second kappa shape index (κ2) is 9.31. The maximum Gasteiger partial charge on any atom is 0.194 e. The van der Waals surface area contributed by atoms with Crippen molar-refractivity contribution in [1.29, 1.82) is 0 Å². The third kappa shape index (κ3) is 4.09. The Kier molecular flexibility index (Phi) is 6.17. The number of halogens is 4. The summed E-state index contributed by atoms with van der Waals surface area (Å²) in [6.45, 7) is 3.75. The van der Waals surface area contributed by atoms with Gasteiger partial charge in [0, 0.05) is 23.5 Å². The Labute approximate surface area is 210 Å². The number of rotatable bonds is 6. The summed E-state index contributed by atoms with van der Waals surface area (Å²) in [6, 6.07) is 8.80. The molecular weight excluding hydrogens is 491 g/mol. The molecule has 10 heteroatoms. The van der Waals surface area contributed by atoms with Gasteiger partial charge in [-0.1, -0.05) is 24.6 Å². The topological polar surface area (TPSA) is 57.8 Å². The molecule has 2 aliphatic heterocycles. The summed E-state index contributed by atoms with van der Waals surface area (Å²) in [6.07, 6.45) is 5.67. The van der Waals surface area contributed by atoms with Crippen molar-refractivity contribution in [3.05, 3.63) is 88.9 Å². The smallest absolute Gasteiger partial charge is 0.194 e. The Hall–Kier alpha value is -3.85. The van der Waals surface area contributed by atoms with E-state index in [2.05, 4.69) is 15.2 Å². The van der Waals surface area contributed by atoms with E-state index in [1.165, 1.54) is 0 Å². The van der Waals surface area contributed by atoms with Crippen LogP contribution in [-0.4, -0.2) is 31.4 Å². The highest BCUT2D eigenvalue weighted by Gasteiger charge is 2.25. The standard InChI is InChI=1S/C26H21ClF3N5O/c1-4-21(16-7-19(28)24(30)20(29)8-16)35-12-17(27)10-18-25(32-33-26(18)35)15-5-6-22(23(9-15)36-3)34-11-14(2)31-13-34/h5-13,21H,4H2,1-3H3/t21-/m0/s1. The van der Waals surface area contributed by atoms with Crippen LogP contribution in [0.25, 0.3) is 28.3 Å². The van der Waals surface area contributed by atoms with Crippen molar-refractivity contribution in [2.45, 2.75) is 26.3 Å². The molecule has 0 amide bonds. The number of ether oxygens (including phenoxy) is 1. The number of fused-ring (bicyclic) bond motifs is 1. The molecule has 5 rings (SSSR count). The van der Waals surface area contributed by atoms with Gasteiger partial charge >= 0.3 is 0 Å². The van der Waals surface area contributed by atoms with Crippen molar-refractivity contribution >= 4 is 11.6 Å². The van der Waals surface area contributed by atoms with Crippen molar-refractivity contribution in [2.24, 2.45) is 0 Å². The zero-order valence-corrected chi connectivity index (χ0v) is 20.4. The molecule has 0 aliphatic carbocycles. The molecule has 0 fully saturated rings. The lowest BCUT2D eigenvalue weighted by Crippen LogP contribution is -2.14. The molecule has 0 radical (unpaired) electrons. The molecule has 1 aromatic heterocycles. The molecule has 0 bridgehead atoms. The fourth-order valence-electron chi connectivity index (χ4n) is 4.41. The van der Waals surface area contributed by atoms with Gasteiger partial charge in [-0.25, -0.2) is 18.2 Å². The second-order valence-corrected chi connectivity index (χ2v) is 8.82. The zero-order chi connectivity index (χ0) is 25.6. The second-order valence-electron chi connectivity index (χ2n) is 8.38. The van der Waals surface area contributed by atoms with Crippen LogP contribution in [0.2, 0.25) is 5.02 Å². The van der Waals surface area contributed by atoms with Crippen molar-refractivity contribution < 1.29 is 17.9 Å². The average Bonchev–Trinajstić information content (AvgIpc) is 3.48. The van der Waals surface area contributed by atoms with Crippen LogP contribution in [0, 0.1) is 24.4 Å². The molecule has 3 aromatic rings. The summed E-state index contributed by atoms with van der Waals surface area (Å²) < 4.78 is 50.8. The minimum absolute atomic E-state index is 0.258. The van der Waals surface area contributed by atoms with Crippen molar-refractivity contribution in [3.63, 3.8) is 0 Å². The van der Waals surface area contributed by atoms with Gasteiger partial charge in [0.15, 0.2) is 23.3 Å². The summed E-state index contributed by atoms with van der Waals surface area (Å²) in [5.41, 5.74) is 3.91. The van der Waals surface area contributed by atoms with Gasteiger partial charge in [0.1, 0.15) is 11.4 Å². The highest BCUT2D eigenvalue weighted by atomic mass is 35.5. The number of imidazole rings is 1. The van der Waals surface area contributed by atoms with Crippen LogP contribution < -0.4 is 4.74 Å². The lowest BCUT2D eigenvalue weighted by atomic mass is 10.0. The highest BCUT2D eigenvalue weighted by Crippen LogP contribution is 2.39. The van der Waals surface area contributed by atoms with E-state index in [0.717, 1.165) is 29.1 Å². The molecule has 0 spiro atoms. The first-order chi connectivity index (χ1) is 17.3. The molecule has 184 valence electrons. The van der Waals surface area contributed by atoms with Gasteiger partial charge in [-0.05, 0) is 49.2 Å². The molecule has 3 heterocycles. The lowest BCUT2D eigenvalue weighted by molar-refractivity contribution is 0.413. The van der Waals surface area contributed by atoms with Gasteiger partial charge in [-0.15, -0.1) is 10.2 Å². The maximum atomic E-state index is 14.0. The predicted octanol–water partition coefficient (Wildman–Crippen LogP) is 6.62. The van der Waals surface area contributed by atoms with Crippen LogP contribution in [0.15, 0.2) is 55.1 Å². The number of aromatic nitrogens is 5. The van der Waals surface area contributed by atoms with Gasteiger partial charge in [0.05, 0.1) is 35.9 Å². The molecular formula is C26H21ClF3N5O. The van der Waals surface area contributed by atoms with Gasteiger partial charge < -0.3 is 13.9 Å². The number of pyridine rings is 1. The van der Waals surface area contributed by atoms with Crippen LogP contribution in [0.3, 0.4) is 0 Å². The monoisotopic (exact) mass is 511 g/mol. The number of hydrogen-bond acceptors (Lipinski definition) is 4. The van der Waals surface area contributed by atoms with Gasteiger partial charge in [-0.2, -0.15) is 0 Å². The van der Waals surface area contributed by atoms with E-state index >= 15 is 0 Å². The number of benzene rings is 2. The average molecular weight is 512 g/mol. The molecule has 0 saturated heterocycles. The largest absolute Gasteiger partial charge is 0.495 e. The number of hydrogen-bond donors (Lipinski definition) is 0. The molecule has 2 aromatic carbocycles. The number of aryl methyl sites for hydroxylation is 1. The van der Waals surface area contributed by atoms with Crippen LogP contribution in [0.4, 0.5) is 13.2 Å². The van der Waals surface area contributed by atoms with Crippen molar-refractivity contribution in [3.8, 4) is 34.1 Å². The molecule has 2 aliphatic rings. The summed E-state index contributed by atoms with van der Waals surface area (Å²) in [5, 5.41) is 9.15. The molecule has 0 saturated carbocycles. The van der Waals surface area contributed by atoms with E-state index in [-0.39, 0.29) is 5.56 Å². The van der Waals surface area contributed by atoms with Crippen LogP contribution in [0.5, 0.6) is 5.75 Å². The van der Waals surface area contributed by atoms with E-state index in [1.54, 1.807) is 30.3 Å². The SMILES string of the molecule is CC[C@@H](c1cc(F)c(F)c(F)c1)n1cc(Cl)cc2c(-c3ccc(-n4cnc(C)c4)c(OC)c3)nnc1-2. The van der Waals surface area contributed by atoms with E-state index in [0.29, 0.717) is 34.3 Å². The van der Waals surface area contributed by atoms with E-state index < -0.39 is 23.5 Å². The fourth-order valence-corrected chi connectivity index (χ4v) is 4.62. The van der Waals surface area contributed by atoms with E-state index in [1.807, 2.05) is 42.8 Å². The van der Waals surface area contributed by atoms with Crippen LogP contribution in [0.1, 0.15) is 30.6 Å². The lowest BCUT2D eigenvalue weighted by Gasteiger charge is -2.23. The Morgan fingerprint density at radius 2 is 1.78 bits per heavy atom. The normalized spacial score (nSPS) is 12.3. The minimum atomic E-state index is -1.51. The van der Waals surface area contributed by atoms with Crippen LogP contribution in [-0.2, 0) is 0 Å². The zero-order valence-electron chi connectivity index (χ0n) is 19.6. The Morgan fingerprint density at radius 3 is 2.42 bits per heavy atom. The highest BCUT2D eigenvalue weighted by molar-refractivity contribution is 6.30. The Balaban J connectivity index is 1.59. The fraction of sp³-hybridized carbons (Fsp3) is 0.192. The first-order valence-electron chi connectivity index (χ1n) is 11.2. The van der Waals surface area contributed by atoms with Gasteiger partial charge in [0.25, 0.3) is 0 Å². The van der Waals surface area contributed by atoms with E-state index in [9.17, 15) is 13.2 Å². The first kappa shape index (κ1) is 23.9. The van der Waals surface area contributed by atoms with Crippen molar-refractivity contribution in [1.82, 2.24) is 24.3 Å². The first-order valence-corrected chi connectivity index (χ1v) is 11.6. The Bertz CT molecular complexity index is 1520. The summed E-state index contributed by atoms with van der Waals surface area (Å²) in [5.74, 6) is -2.93. The Morgan fingerprint density at radius 1 is 1.03 bits per heavy atom. The quantitative estimate of drug-likeness (QED) is 0.240. The predicted molar refractivity (Wildman–Crippen MR) is 130 cm³/mol. The molecule has 0 unspecified atom stereocenters. The van der Waals surface area contributed by atoms with Gasteiger partial charge in [0.2, 0.25) is 0 Å². The van der Waals surface area contributed by atoms with Crippen molar-refractivity contribution in [2.75, 3.05) is 7.11 Å². The number of nitrogens with zero attached hydrogens (tertiary/aromatic N) is 5. The van der Waals surface area contributed by atoms with Gasteiger partial charge in [-0.3, -0.25) is 0 Å². The molecule has 36 heavy (non-hydrogen) atoms.